The molecule has 3 rings (SSSR count). The van der Waals surface area contributed by atoms with Gasteiger partial charge < -0.3 is 15.5 Å². The van der Waals surface area contributed by atoms with Crippen molar-refractivity contribution in [2.75, 3.05) is 16.8 Å². The lowest BCUT2D eigenvalue weighted by atomic mass is 10.1. The Labute approximate surface area is 158 Å². The SMILES string of the molecule is CCN(C(=O)c1ccccc1NC(=S)NC(=O)C1CC1)c1ccccc1. The van der Waals surface area contributed by atoms with Gasteiger partial charge in [0.1, 0.15) is 0 Å². The maximum atomic E-state index is 13.1. The molecule has 0 bridgehead atoms. The largest absolute Gasteiger partial charge is 0.332 e. The van der Waals surface area contributed by atoms with E-state index in [1.807, 2.05) is 49.4 Å². The highest BCUT2D eigenvalue weighted by molar-refractivity contribution is 7.80. The number of rotatable bonds is 5. The Bertz CT molecular complexity index is 819. The summed E-state index contributed by atoms with van der Waals surface area (Å²) in [7, 11) is 0. The quantitative estimate of drug-likeness (QED) is 0.793. The smallest absolute Gasteiger partial charge is 0.260 e. The first-order valence-electron chi connectivity index (χ1n) is 8.68. The number of nitrogens with one attached hydrogen (secondary N) is 2. The molecular formula is C20H21N3O2S. The zero-order valence-corrected chi connectivity index (χ0v) is 15.4. The van der Waals surface area contributed by atoms with Crippen LogP contribution in [0.1, 0.15) is 30.1 Å². The average molecular weight is 367 g/mol. The van der Waals surface area contributed by atoms with E-state index in [0.717, 1.165) is 18.5 Å². The summed E-state index contributed by atoms with van der Waals surface area (Å²) in [6.07, 6.45) is 1.82. The Kier molecular flexibility index (Phi) is 5.63. The molecule has 26 heavy (non-hydrogen) atoms. The van der Waals surface area contributed by atoms with Crippen molar-refractivity contribution in [3.63, 3.8) is 0 Å². The lowest BCUT2D eigenvalue weighted by Crippen LogP contribution is -2.36. The predicted octanol–water partition coefficient (Wildman–Crippen LogP) is 3.58. The zero-order chi connectivity index (χ0) is 18.5. The van der Waals surface area contributed by atoms with Gasteiger partial charge in [-0.15, -0.1) is 0 Å². The van der Waals surface area contributed by atoms with Crippen LogP contribution in [0.2, 0.25) is 0 Å². The third kappa shape index (κ3) is 4.26. The molecule has 0 atom stereocenters. The van der Waals surface area contributed by atoms with Crippen molar-refractivity contribution in [2.24, 2.45) is 5.92 Å². The van der Waals surface area contributed by atoms with Crippen LogP contribution in [0.4, 0.5) is 11.4 Å². The molecule has 1 saturated carbocycles. The molecule has 0 aromatic heterocycles. The molecule has 5 nitrogen and oxygen atoms in total. The Morgan fingerprint density at radius 3 is 2.38 bits per heavy atom. The van der Waals surface area contributed by atoms with E-state index in [4.69, 9.17) is 12.2 Å². The molecule has 1 aliphatic carbocycles. The number of thiocarbonyl (C=S) groups is 1. The van der Waals surface area contributed by atoms with E-state index in [2.05, 4.69) is 10.6 Å². The van der Waals surface area contributed by atoms with Crippen molar-refractivity contribution in [1.82, 2.24) is 5.32 Å². The monoisotopic (exact) mass is 367 g/mol. The minimum Gasteiger partial charge on any atom is -0.332 e. The number of anilines is 2. The lowest BCUT2D eigenvalue weighted by Gasteiger charge is -2.22. The molecule has 2 amide bonds. The highest BCUT2D eigenvalue weighted by Crippen LogP contribution is 2.28. The number of hydrogen-bond acceptors (Lipinski definition) is 3. The molecule has 0 unspecified atom stereocenters. The van der Waals surface area contributed by atoms with Crippen molar-refractivity contribution in [1.29, 1.82) is 0 Å². The van der Waals surface area contributed by atoms with E-state index >= 15 is 0 Å². The van der Waals surface area contributed by atoms with E-state index in [1.165, 1.54) is 0 Å². The Balaban J connectivity index is 1.78. The van der Waals surface area contributed by atoms with E-state index in [9.17, 15) is 9.59 Å². The summed E-state index contributed by atoms with van der Waals surface area (Å²) in [4.78, 5) is 26.6. The van der Waals surface area contributed by atoms with Gasteiger partial charge in [0, 0.05) is 18.2 Å². The van der Waals surface area contributed by atoms with Crippen molar-refractivity contribution < 1.29 is 9.59 Å². The van der Waals surface area contributed by atoms with Gasteiger partial charge in [-0.2, -0.15) is 0 Å². The van der Waals surface area contributed by atoms with Crippen LogP contribution >= 0.6 is 12.2 Å². The number of hydrogen-bond donors (Lipinski definition) is 2. The number of carbonyl (C=O) groups excluding carboxylic acids is 2. The van der Waals surface area contributed by atoms with Gasteiger partial charge in [0.15, 0.2) is 5.11 Å². The van der Waals surface area contributed by atoms with Gasteiger partial charge in [-0.3, -0.25) is 9.59 Å². The van der Waals surface area contributed by atoms with E-state index < -0.39 is 0 Å². The lowest BCUT2D eigenvalue weighted by molar-refractivity contribution is -0.120. The van der Waals surface area contributed by atoms with Crippen LogP contribution in [0.3, 0.4) is 0 Å². The molecule has 0 spiro atoms. The van der Waals surface area contributed by atoms with Gasteiger partial charge >= 0.3 is 0 Å². The molecule has 6 heteroatoms. The molecule has 2 aromatic rings. The highest BCUT2D eigenvalue weighted by atomic mass is 32.1. The van der Waals surface area contributed by atoms with Crippen LogP contribution in [0.25, 0.3) is 0 Å². The summed E-state index contributed by atoms with van der Waals surface area (Å²) >= 11 is 5.23. The van der Waals surface area contributed by atoms with E-state index in [-0.39, 0.29) is 22.8 Å². The van der Waals surface area contributed by atoms with Crippen LogP contribution in [-0.2, 0) is 4.79 Å². The second-order valence-electron chi connectivity index (χ2n) is 6.15. The number of carbonyl (C=O) groups is 2. The van der Waals surface area contributed by atoms with Crippen molar-refractivity contribution in [3.8, 4) is 0 Å². The molecular weight excluding hydrogens is 346 g/mol. The molecule has 0 saturated heterocycles. The number of benzene rings is 2. The Morgan fingerprint density at radius 1 is 1.08 bits per heavy atom. The number of para-hydroxylation sites is 2. The minimum atomic E-state index is -0.127. The van der Waals surface area contributed by atoms with Gasteiger partial charge in [-0.1, -0.05) is 30.3 Å². The predicted molar refractivity (Wildman–Crippen MR) is 107 cm³/mol. The normalized spacial score (nSPS) is 13.0. The zero-order valence-electron chi connectivity index (χ0n) is 14.6. The standard InChI is InChI=1S/C20H21N3O2S/c1-2-23(15-8-4-3-5-9-15)19(25)16-10-6-7-11-17(16)21-20(26)22-18(24)14-12-13-14/h3-11,14H,2,12-13H2,1H3,(H2,21,22,24,26). The maximum absolute atomic E-state index is 13.1. The molecule has 0 radical (unpaired) electrons. The third-order valence-electron chi connectivity index (χ3n) is 4.22. The second-order valence-corrected chi connectivity index (χ2v) is 6.56. The first-order valence-corrected chi connectivity index (χ1v) is 9.08. The third-order valence-corrected chi connectivity index (χ3v) is 4.42. The molecule has 1 fully saturated rings. The van der Waals surface area contributed by atoms with Crippen LogP contribution < -0.4 is 15.5 Å². The van der Waals surface area contributed by atoms with Crippen LogP contribution in [-0.4, -0.2) is 23.5 Å². The summed E-state index contributed by atoms with van der Waals surface area (Å²) in [5.41, 5.74) is 1.91. The topological polar surface area (TPSA) is 61.4 Å². The van der Waals surface area contributed by atoms with Gasteiger partial charge in [0.25, 0.3) is 5.91 Å². The first kappa shape index (κ1) is 18.1. The Hall–Kier alpha value is -2.73. The molecule has 2 N–H and O–H groups in total. The summed E-state index contributed by atoms with van der Waals surface area (Å²) in [6, 6.07) is 16.7. The molecule has 0 aliphatic heterocycles. The summed E-state index contributed by atoms with van der Waals surface area (Å²) in [6.45, 7) is 2.47. The summed E-state index contributed by atoms with van der Waals surface area (Å²) < 4.78 is 0. The summed E-state index contributed by atoms with van der Waals surface area (Å²) in [5, 5.41) is 5.89. The minimum absolute atomic E-state index is 0.0641. The van der Waals surface area contributed by atoms with Gasteiger partial charge in [-0.25, -0.2) is 0 Å². The van der Waals surface area contributed by atoms with Crippen LogP contribution in [0.5, 0.6) is 0 Å². The fraction of sp³-hybridized carbons (Fsp3) is 0.250. The van der Waals surface area contributed by atoms with Crippen LogP contribution in [0, 0.1) is 5.92 Å². The highest BCUT2D eigenvalue weighted by Gasteiger charge is 2.30. The van der Waals surface area contributed by atoms with Gasteiger partial charge in [0.2, 0.25) is 5.91 Å². The van der Waals surface area contributed by atoms with Gasteiger partial charge in [0.05, 0.1) is 11.3 Å². The molecule has 2 aromatic carbocycles. The first-order chi connectivity index (χ1) is 12.6. The van der Waals surface area contributed by atoms with Gasteiger partial charge in [-0.05, 0) is 56.2 Å². The summed E-state index contributed by atoms with van der Waals surface area (Å²) in [5.74, 6) is -0.121. The average Bonchev–Trinajstić information content (AvgIpc) is 3.49. The molecule has 1 aliphatic rings. The van der Waals surface area contributed by atoms with Crippen molar-refractivity contribution >= 4 is 40.5 Å². The fourth-order valence-electron chi connectivity index (χ4n) is 2.69. The van der Waals surface area contributed by atoms with E-state index in [0.29, 0.717) is 17.8 Å². The van der Waals surface area contributed by atoms with Crippen molar-refractivity contribution in [3.05, 3.63) is 60.2 Å². The number of nitrogens with zero attached hydrogens (tertiary/aromatic N) is 1. The Morgan fingerprint density at radius 2 is 1.73 bits per heavy atom. The number of amides is 2. The van der Waals surface area contributed by atoms with E-state index in [1.54, 1.807) is 17.0 Å². The van der Waals surface area contributed by atoms with Crippen molar-refractivity contribution in [2.45, 2.75) is 19.8 Å². The second kappa shape index (κ2) is 8.10. The molecule has 134 valence electrons. The fourth-order valence-corrected chi connectivity index (χ4v) is 2.90. The molecule has 0 heterocycles. The van der Waals surface area contributed by atoms with Crippen LogP contribution in [0.15, 0.2) is 54.6 Å². The maximum Gasteiger partial charge on any atom is 0.260 e.